The lowest BCUT2D eigenvalue weighted by molar-refractivity contribution is -0.154. The van der Waals surface area contributed by atoms with Crippen molar-refractivity contribution in [1.82, 2.24) is 66.6 Å². The second-order valence-electron chi connectivity index (χ2n) is 31.1. The lowest BCUT2D eigenvalue weighted by Gasteiger charge is -2.18. The standard InChI is InChI=1S/C95H109N15O26/c1-9-64-53(3)68-47-70-55(5)66(86(106-70)67(46-81(116)117)87-85(93(123)124)56(6)71(107-87)49-73-65(10-2)54(4)69(105-73)48-72(64)104-68)27-30-79(114)98-32-36-130-40-39-129-35-31-97-78(113)13-11-14-82(118)134-74-28-19-57(43-76(74)127-7)17-25-62(111)45-63(112)26-18-58-20-29-75(77(44-58)128-8)135-83(119)15-12-16-84(120)136-102-34-38-132-42-41-131-37-33-99-80(115)52-133-92(94(125)126)109-90(121)59-21-23-60(24-22-59)100-50-61-51-101-89-88(103-61)91(122)110-95(96)108-89/h9,17-26,28-29,43-44,47-49,51,55,66,92,100,102,104,107H,1,10-16,27,30-42,45-46,50,52H2,2-8H3,(H,97,113)(H,98,114)(H,99,115)(H,109,121)(H,116,117)(H,123,124)(H,125,126)(H3,96,101,108,110,122)/b25-17+,26-18+,68-47?,69-48?,70-47?,71-49?,72-48?,73-49?,86-67?,87-67?/t55?,66-,92?/m0/s1. The molecule has 10 rings (SSSR count). The number of amides is 4. The number of aromatic amines is 2. The van der Waals surface area contributed by atoms with E-state index in [1.165, 1.54) is 81.1 Å². The minimum atomic E-state index is -1.85. The molecule has 2 aliphatic rings. The van der Waals surface area contributed by atoms with E-state index in [0.717, 1.165) is 39.0 Å². The molecule has 0 fully saturated rings. The van der Waals surface area contributed by atoms with Crippen LogP contribution in [0.15, 0.2) is 104 Å². The number of benzene rings is 3. The smallest absolute Gasteiger partial charge is 0.354 e. The van der Waals surface area contributed by atoms with E-state index in [1.54, 1.807) is 43.3 Å². The average molecular weight is 1880 g/mol. The monoisotopic (exact) mass is 1880 g/mol. The Labute approximate surface area is 780 Å². The van der Waals surface area contributed by atoms with Gasteiger partial charge in [-0.2, -0.15) is 15.4 Å². The lowest BCUT2D eigenvalue weighted by atomic mass is 9.85. The topological polar surface area (TPSA) is 585 Å². The van der Waals surface area contributed by atoms with Crippen molar-refractivity contribution in [2.45, 2.75) is 130 Å². The fourth-order valence-corrected chi connectivity index (χ4v) is 14.5. The third-order valence-electron chi connectivity index (χ3n) is 21.5. The number of methoxy groups -OCH3 is 2. The van der Waals surface area contributed by atoms with Gasteiger partial charge in [0.2, 0.25) is 35.8 Å². The number of aromatic nitrogens is 8. The molecule has 2 unspecified atom stereocenters. The Morgan fingerprint density at radius 1 is 0.610 bits per heavy atom. The number of hydrogen-bond donors (Lipinski definition) is 13. The van der Waals surface area contributed by atoms with Gasteiger partial charge in [-0.15, -0.1) is 0 Å². The van der Waals surface area contributed by atoms with Gasteiger partial charge in [0.15, 0.2) is 45.7 Å². The first-order chi connectivity index (χ1) is 65.4. The number of rotatable bonds is 54. The van der Waals surface area contributed by atoms with Crippen LogP contribution in [0.3, 0.4) is 0 Å². The average Bonchev–Trinajstić information content (AvgIpc) is 1.60. The zero-order chi connectivity index (χ0) is 97.9. The molecule has 3 aromatic carbocycles. The lowest BCUT2D eigenvalue weighted by Crippen LogP contribution is -2.44. The van der Waals surface area contributed by atoms with Gasteiger partial charge in [0.25, 0.3) is 5.91 Å². The number of hydrogen-bond acceptors (Lipinski definition) is 32. The van der Waals surface area contributed by atoms with E-state index in [4.69, 9.17) is 63.2 Å². The Kier molecular flexibility index (Phi) is 38.9. The highest BCUT2D eigenvalue weighted by Crippen LogP contribution is 2.44. The number of aromatic carboxylic acids is 1. The maximum atomic E-state index is 13.5. The number of allylic oxidation sites excluding steroid dienone is 4. The highest BCUT2D eigenvalue weighted by atomic mass is 16.7. The highest BCUT2D eigenvalue weighted by Gasteiger charge is 2.35. The van der Waals surface area contributed by atoms with Crippen molar-refractivity contribution in [1.29, 1.82) is 0 Å². The van der Waals surface area contributed by atoms with E-state index in [2.05, 4.69) is 68.5 Å². The van der Waals surface area contributed by atoms with Gasteiger partial charge in [0, 0.05) is 108 Å². The van der Waals surface area contributed by atoms with Crippen molar-refractivity contribution >= 4 is 145 Å². The molecule has 8 bridgehead atoms. The fraction of sp³-hybridized carbons (Fsp3) is 0.368. The van der Waals surface area contributed by atoms with E-state index in [1.807, 2.05) is 39.8 Å². The summed E-state index contributed by atoms with van der Waals surface area (Å²) in [6.45, 7) is 15.0. The molecule has 14 N–H and O–H groups in total. The number of aromatic hydroxyl groups is 1. The molecule has 8 aromatic rings. The molecular weight excluding hydrogens is 1770 g/mol. The number of H-pyrrole nitrogens is 2. The summed E-state index contributed by atoms with van der Waals surface area (Å²) in [4.78, 5) is 190. The number of carbonyl (C=O) groups is 12. The number of fused-ring (bicyclic) bond motifs is 9. The number of carbonyl (C=O) groups excluding carboxylic acids is 9. The predicted molar refractivity (Wildman–Crippen MR) is 496 cm³/mol. The third-order valence-corrected chi connectivity index (χ3v) is 21.5. The minimum absolute atomic E-state index is 0.0269. The number of nitrogens with zero attached hydrogens (tertiary/aromatic N) is 6. The van der Waals surface area contributed by atoms with Crippen molar-refractivity contribution in [2.24, 2.45) is 0 Å². The number of carboxylic acids is 3. The van der Waals surface area contributed by atoms with E-state index < -0.39 is 96.7 Å². The van der Waals surface area contributed by atoms with Gasteiger partial charge in [-0.3, -0.25) is 52.9 Å². The first kappa shape index (κ1) is 103. The Bertz CT molecular complexity index is 6030. The number of nitrogen functional groups attached to an aromatic ring is 1. The maximum absolute atomic E-state index is 13.5. The van der Waals surface area contributed by atoms with E-state index in [-0.39, 0.29) is 217 Å². The molecule has 0 radical (unpaired) electrons. The number of anilines is 2. The Morgan fingerprint density at radius 3 is 1.76 bits per heavy atom. The molecule has 3 atom stereocenters. The molecule has 7 heterocycles. The third kappa shape index (κ3) is 30.2. The van der Waals surface area contributed by atoms with Crippen LogP contribution in [0, 0.1) is 13.8 Å². The number of aliphatic carboxylic acids is 2. The number of nitrogens with one attached hydrogen (secondary N) is 8. The zero-order valence-corrected chi connectivity index (χ0v) is 76.1. The van der Waals surface area contributed by atoms with E-state index in [0.29, 0.717) is 57.1 Å². The van der Waals surface area contributed by atoms with Crippen LogP contribution < -0.4 is 56.7 Å². The Balaban J connectivity index is 0.533. The number of aryl methyl sites for hydroxylation is 2. The van der Waals surface area contributed by atoms with Gasteiger partial charge < -0.3 is 110 Å². The van der Waals surface area contributed by atoms with Gasteiger partial charge in [0.1, 0.15) is 6.61 Å². The van der Waals surface area contributed by atoms with Crippen molar-refractivity contribution in [3.8, 4) is 28.9 Å². The van der Waals surface area contributed by atoms with Crippen LogP contribution in [0.25, 0.3) is 62.6 Å². The molecule has 0 saturated heterocycles. The molecule has 0 saturated carbocycles. The van der Waals surface area contributed by atoms with Crippen molar-refractivity contribution in [3.63, 3.8) is 0 Å². The van der Waals surface area contributed by atoms with Crippen LogP contribution in [0.4, 0.5) is 11.6 Å². The second kappa shape index (κ2) is 51.3. The van der Waals surface area contributed by atoms with Crippen molar-refractivity contribution in [3.05, 3.63) is 177 Å². The minimum Gasteiger partial charge on any atom is -0.493 e. The van der Waals surface area contributed by atoms with Crippen molar-refractivity contribution < 1.29 is 125 Å². The summed E-state index contributed by atoms with van der Waals surface area (Å²) in [5.74, 6) is -9.81. The highest BCUT2D eigenvalue weighted by molar-refractivity contribution is 6.11. The number of nitrogens with two attached hydrogens (primary N) is 1. The van der Waals surface area contributed by atoms with Gasteiger partial charge in [-0.05, 0) is 159 Å². The molecule has 2 aliphatic heterocycles. The first-order valence-corrected chi connectivity index (χ1v) is 43.7. The van der Waals surface area contributed by atoms with Crippen molar-refractivity contribution in [2.75, 3.05) is 111 Å². The maximum Gasteiger partial charge on any atom is 0.354 e. The predicted octanol–water partition coefficient (Wildman–Crippen LogP) is 8.99. The number of carboxylic acid groups (broad SMARTS) is 3. The first-order valence-electron chi connectivity index (χ1n) is 43.7. The quantitative estimate of drug-likeness (QED) is 0.00321. The SMILES string of the molecule is C=Cc1c(C)c2cc3nc(c(CC(=O)O)c4[nH]c(cc5nc(cc1[nH]2)C(C)=C5CC)c(C)c4C(=O)O)[C@@H](CCC(=O)NCCOCCOCCNC(=O)CCCC(=O)Oc1ccc(/C=C/C(=O)CC(=O)/C=C/c2ccc(OC(=O)CCCC(=O)ONCCOCCOCCNC(=O)COC(NC(=O)c4ccc(NCc5cnc6nc(N)nc(O)c6n5)cc4)C(=O)O)c(OC)c2)cc1OC)C3C. The summed E-state index contributed by atoms with van der Waals surface area (Å²) in [7, 11) is 2.73. The van der Waals surface area contributed by atoms with E-state index in [9.17, 15) is 78.0 Å². The molecule has 4 amide bonds. The van der Waals surface area contributed by atoms with Gasteiger partial charge in [0.05, 0.1) is 133 Å². The second-order valence-corrected chi connectivity index (χ2v) is 31.1. The number of esters is 2. The van der Waals surface area contributed by atoms with Crippen LogP contribution in [-0.4, -0.2) is 237 Å². The number of ketones is 2. The van der Waals surface area contributed by atoms with Crippen LogP contribution >= 0.6 is 0 Å². The summed E-state index contributed by atoms with van der Waals surface area (Å²) in [6.07, 6.45) is 6.60. The molecule has 0 spiro atoms. The van der Waals surface area contributed by atoms with Gasteiger partial charge in [-0.1, -0.05) is 50.8 Å². The van der Waals surface area contributed by atoms with Gasteiger partial charge in [-0.25, -0.2) is 24.5 Å². The molecule has 5 aromatic heterocycles. The zero-order valence-electron chi connectivity index (χ0n) is 76.1. The summed E-state index contributed by atoms with van der Waals surface area (Å²) < 4.78 is 49.1. The van der Waals surface area contributed by atoms with Crippen LogP contribution in [0.1, 0.15) is 179 Å². The molecule has 41 nitrogen and oxygen atoms in total. The summed E-state index contributed by atoms with van der Waals surface area (Å²) >= 11 is 0. The number of ether oxygens (including phenoxy) is 9. The van der Waals surface area contributed by atoms with Gasteiger partial charge >= 0.3 is 35.8 Å². The van der Waals surface area contributed by atoms with Crippen LogP contribution in [-0.2, 0) is 89.4 Å². The van der Waals surface area contributed by atoms with Crippen LogP contribution in [0.5, 0.6) is 28.9 Å². The molecular formula is C95H109N15O26. The van der Waals surface area contributed by atoms with E-state index >= 15 is 0 Å². The normalized spacial score (nSPS) is 13.1. The largest absolute Gasteiger partial charge is 0.493 e. The molecule has 136 heavy (non-hydrogen) atoms. The summed E-state index contributed by atoms with van der Waals surface area (Å²) in [6, 6.07) is 20.8. The Hall–Kier alpha value is -15.0. The molecule has 0 aliphatic carbocycles. The number of hydroxylamine groups is 1. The summed E-state index contributed by atoms with van der Waals surface area (Å²) in [5, 5.41) is 54.2. The molecule has 41 heteroatoms. The fourth-order valence-electron chi connectivity index (χ4n) is 14.5. The summed E-state index contributed by atoms with van der Waals surface area (Å²) in [5.41, 5.74) is 19.1. The Morgan fingerprint density at radius 2 is 1.18 bits per heavy atom. The molecule has 720 valence electrons. The van der Waals surface area contributed by atoms with Crippen LogP contribution in [0.2, 0.25) is 0 Å².